The standard InChI is InChI=1S/C12H16N2O4S2/c1-3-10(12-13-4-5-19-12)14-20(16,17)11-6-9(7-15)18-8(11)2/h4-6,10,14-15H,3,7H2,1-2H3. The first-order valence-electron chi connectivity index (χ1n) is 6.09. The summed E-state index contributed by atoms with van der Waals surface area (Å²) >= 11 is 1.40. The van der Waals surface area contributed by atoms with Gasteiger partial charge in [0.15, 0.2) is 0 Å². The molecule has 0 saturated carbocycles. The lowest BCUT2D eigenvalue weighted by atomic mass is 10.3. The van der Waals surface area contributed by atoms with Gasteiger partial charge in [0.2, 0.25) is 10.0 Å². The zero-order valence-electron chi connectivity index (χ0n) is 11.2. The number of nitrogens with zero attached hydrogens (tertiary/aromatic N) is 1. The van der Waals surface area contributed by atoms with Crippen LogP contribution in [0.1, 0.15) is 35.9 Å². The Hall–Kier alpha value is -1.22. The van der Waals surface area contributed by atoms with Gasteiger partial charge in [0.1, 0.15) is 28.0 Å². The zero-order chi connectivity index (χ0) is 14.8. The smallest absolute Gasteiger partial charge is 0.244 e. The fourth-order valence-electron chi connectivity index (χ4n) is 1.83. The van der Waals surface area contributed by atoms with Crippen LogP contribution in [-0.4, -0.2) is 18.5 Å². The van der Waals surface area contributed by atoms with Crippen LogP contribution in [0.25, 0.3) is 0 Å². The summed E-state index contributed by atoms with van der Waals surface area (Å²) < 4.78 is 32.5. The van der Waals surface area contributed by atoms with Gasteiger partial charge in [0, 0.05) is 17.6 Å². The molecule has 0 aliphatic rings. The molecule has 0 aromatic carbocycles. The largest absolute Gasteiger partial charge is 0.462 e. The topological polar surface area (TPSA) is 92.4 Å². The number of thiazole rings is 1. The van der Waals surface area contributed by atoms with Crippen molar-refractivity contribution in [2.75, 3.05) is 0 Å². The van der Waals surface area contributed by atoms with E-state index in [4.69, 9.17) is 9.52 Å². The third kappa shape index (κ3) is 3.09. The molecular weight excluding hydrogens is 300 g/mol. The van der Waals surface area contributed by atoms with Crippen LogP contribution in [0.5, 0.6) is 0 Å². The Bertz CT molecular complexity index is 662. The van der Waals surface area contributed by atoms with E-state index in [9.17, 15) is 8.42 Å². The SMILES string of the molecule is CCC(NS(=O)(=O)c1cc(CO)oc1C)c1nccs1. The van der Waals surface area contributed by atoms with E-state index in [1.807, 2.05) is 6.92 Å². The molecule has 2 aromatic rings. The number of aliphatic hydroxyl groups is 1. The van der Waals surface area contributed by atoms with E-state index in [0.717, 1.165) is 5.01 Å². The molecule has 2 aromatic heterocycles. The van der Waals surface area contributed by atoms with E-state index in [1.54, 1.807) is 18.5 Å². The van der Waals surface area contributed by atoms with Crippen LogP contribution in [0.4, 0.5) is 0 Å². The van der Waals surface area contributed by atoms with Crippen LogP contribution in [0.15, 0.2) is 27.0 Å². The van der Waals surface area contributed by atoms with Crippen molar-refractivity contribution < 1.29 is 17.9 Å². The molecule has 20 heavy (non-hydrogen) atoms. The van der Waals surface area contributed by atoms with E-state index in [-0.39, 0.29) is 29.1 Å². The average molecular weight is 316 g/mol. The third-order valence-electron chi connectivity index (χ3n) is 2.82. The maximum Gasteiger partial charge on any atom is 0.244 e. The fraction of sp³-hybridized carbons (Fsp3) is 0.417. The highest BCUT2D eigenvalue weighted by Gasteiger charge is 2.25. The molecule has 0 aliphatic heterocycles. The van der Waals surface area contributed by atoms with Crippen molar-refractivity contribution in [1.82, 2.24) is 9.71 Å². The summed E-state index contributed by atoms with van der Waals surface area (Å²) in [6.07, 6.45) is 2.24. The summed E-state index contributed by atoms with van der Waals surface area (Å²) in [6.45, 7) is 3.11. The number of rotatable bonds is 6. The highest BCUT2D eigenvalue weighted by molar-refractivity contribution is 7.89. The molecule has 0 spiro atoms. The van der Waals surface area contributed by atoms with Crippen molar-refractivity contribution in [2.45, 2.75) is 37.8 Å². The van der Waals surface area contributed by atoms with Gasteiger partial charge in [-0.1, -0.05) is 6.92 Å². The van der Waals surface area contributed by atoms with Gasteiger partial charge in [-0.25, -0.2) is 18.1 Å². The first kappa shape index (κ1) is 15.2. The molecule has 0 amide bonds. The summed E-state index contributed by atoms with van der Waals surface area (Å²) in [5, 5.41) is 11.5. The Morgan fingerprint density at radius 2 is 2.30 bits per heavy atom. The maximum absolute atomic E-state index is 12.4. The van der Waals surface area contributed by atoms with Crippen LogP contribution in [0, 0.1) is 6.92 Å². The second-order valence-electron chi connectivity index (χ2n) is 4.24. The minimum absolute atomic E-state index is 0.0524. The molecule has 0 saturated heterocycles. The number of aromatic nitrogens is 1. The molecule has 8 heteroatoms. The molecule has 0 fully saturated rings. The molecule has 0 aliphatic carbocycles. The molecular formula is C12H16N2O4S2. The Labute approximate surface area is 121 Å². The molecule has 2 rings (SSSR count). The van der Waals surface area contributed by atoms with Crippen molar-refractivity contribution in [3.05, 3.63) is 34.2 Å². The second-order valence-corrected chi connectivity index (χ2v) is 6.85. The Balaban J connectivity index is 2.28. The quantitative estimate of drug-likeness (QED) is 0.850. The maximum atomic E-state index is 12.4. The van der Waals surface area contributed by atoms with E-state index in [2.05, 4.69) is 9.71 Å². The van der Waals surface area contributed by atoms with Gasteiger partial charge >= 0.3 is 0 Å². The predicted octanol–water partition coefficient (Wildman–Crippen LogP) is 1.97. The molecule has 2 N–H and O–H groups in total. The lowest BCUT2D eigenvalue weighted by molar-refractivity contribution is 0.244. The van der Waals surface area contributed by atoms with Crippen molar-refractivity contribution in [3.63, 3.8) is 0 Å². The highest BCUT2D eigenvalue weighted by Crippen LogP contribution is 2.25. The molecule has 110 valence electrons. The van der Waals surface area contributed by atoms with Crippen LogP contribution >= 0.6 is 11.3 Å². The summed E-state index contributed by atoms with van der Waals surface area (Å²) in [7, 11) is -3.71. The average Bonchev–Trinajstić information content (AvgIpc) is 3.05. The molecule has 0 bridgehead atoms. The van der Waals surface area contributed by atoms with Crippen molar-refractivity contribution >= 4 is 21.4 Å². The molecule has 2 heterocycles. The minimum Gasteiger partial charge on any atom is -0.462 e. The van der Waals surface area contributed by atoms with Gasteiger partial charge in [-0.2, -0.15) is 0 Å². The number of sulfonamides is 1. The number of aliphatic hydroxyl groups excluding tert-OH is 1. The monoisotopic (exact) mass is 316 g/mol. The first-order valence-corrected chi connectivity index (χ1v) is 8.46. The van der Waals surface area contributed by atoms with Crippen molar-refractivity contribution in [3.8, 4) is 0 Å². The summed E-state index contributed by atoms with van der Waals surface area (Å²) in [4.78, 5) is 4.19. The van der Waals surface area contributed by atoms with Crippen LogP contribution in [0.2, 0.25) is 0 Å². The number of furan rings is 1. The van der Waals surface area contributed by atoms with Gasteiger partial charge in [0.25, 0.3) is 0 Å². The summed E-state index contributed by atoms with van der Waals surface area (Å²) in [6, 6.07) is 0.971. The van der Waals surface area contributed by atoms with E-state index in [0.29, 0.717) is 6.42 Å². The van der Waals surface area contributed by atoms with Crippen molar-refractivity contribution in [1.29, 1.82) is 0 Å². The lowest BCUT2D eigenvalue weighted by Gasteiger charge is -2.14. The number of hydrogen-bond donors (Lipinski definition) is 2. The normalized spacial score (nSPS) is 13.6. The number of nitrogens with one attached hydrogen (secondary N) is 1. The predicted molar refractivity (Wildman–Crippen MR) is 74.8 cm³/mol. The van der Waals surface area contributed by atoms with Gasteiger partial charge in [-0.05, 0) is 13.3 Å². The van der Waals surface area contributed by atoms with Gasteiger partial charge in [-0.15, -0.1) is 11.3 Å². The Morgan fingerprint density at radius 3 is 2.80 bits per heavy atom. The Kier molecular flexibility index (Phi) is 4.59. The third-order valence-corrected chi connectivity index (χ3v) is 5.29. The number of hydrogen-bond acceptors (Lipinski definition) is 6. The van der Waals surface area contributed by atoms with Crippen LogP contribution < -0.4 is 4.72 Å². The van der Waals surface area contributed by atoms with Crippen molar-refractivity contribution in [2.24, 2.45) is 0 Å². The fourth-order valence-corrected chi connectivity index (χ4v) is 4.17. The molecule has 0 radical (unpaired) electrons. The molecule has 1 unspecified atom stereocenters. The zero-order valence-corrected chi connectivity index (χ0v) is 12.8. The van der Waals surface area contributed by atoms with Gasteiger partial charge < -0.3 is 9.52 Å². The highest BCUT2D eigenvalue weighted by atomic mass is 32.2. The molecule has 1 atom stereocenters. The van der Waals surface area contributed by atoms with Crippen LogP contribution in [-0.2, 0) is 16.6 Å². The van der Waals surface area contributed by atoms with Crippen LogP contribution in [0.3, 0.4) is 0 Å². The van der Waals surface area contributed by atoms with Gasteiger partial charge in [0.05, 0.1) is 6.04 Å². The van der Waals surface area contributed by atoms with E-state index >= 15 is 0 Å². The first-order chi connectivity index (χ1) is 9.47. The molecule has 6 nitrogen and oxygen atoms in total. The summed E-state index contributed by atoms with van der Waals surface area (Å²) in [5.41, 5.74) is 0. The summed E-state index contributed by atoms with van der Waals surface area (Å²) in [5.74, 6) is 0.487. The van der Waals surface area contributed by atoms with E-state index < -0.39 is 10.0 Å². The van der Waals surface area contributed by atoms with Gasteiger partial charge in [-0.3, -0.25) is 0 Å². The number of aryl methyl sites for hydroxylation is 1. The Morgan fingerprint density at radius 1 is 1.55 bits per heavy atom. The lowest BCUT2D eigenvalue weighted by Crippen LogP contribution is -2.28. The van der Waals surface area contributed by atoms with E-state index in [1.165, 1.54) is 17.4 Å². The second kappa shape index (κ2) is 6.04. The minimum atomic E-state index is -3.71.